The maximum Gasteiger partial charge on any atom is 0.194 e. The van der Waals surface area contributed by atoms with E-state index in [9.17, 15) is 0 Å². The molecule has 0 aromatic heterocycles. The molecule has 0 bridgehead atoms. The van der Waals surface area contributed by atoms with E-state index in [1.54, 1.807) is 0 Å². The van der Waals surface area contributed by atoms with E-state index in [0.29, 0.717) is 44.0 Å². The minimum absolute atomic E-state index is 0.0540. The third-order valence-corrected chi connectivity index (χ3v) is 13.5. The summed E-state index contributed by atoms with van der Waals surface area (Å²) in [6.07, 6.45) is 26.7. The van der Waals surface area contributed by atoms with E-state index in [2.05, 4.69) is 87.5 Å². The molecular weight excluding hydrogens is 843 g/mol. The summed E-state index contributed by atoms with van der Waals surface area (Å²) in [7, 11) is 0. The van der Waals surface area contributed by atoms with E-state index in [0.717, 1.165) is 11.8 Å². The predicted octanol–water partition coefficient (Wildman–Crippen LogP) is 13.2. The number of benzene rings is 2. The van der Waals surface area contributed by atoms with E-state index >= 15 is 0 Å². The Morgan fingerprint density at radius 3 is 1.04 bits per heavy atom. The summed E-state index contributed by atoms with van der Waals surface area (Å²) in [4.78, 5) is 11.3. The number of aliphatic imine (C=N–C) groups is 2. The molecule has 0 saturated heterocycles. The fourth-order valence-corrected chi connectivity index (χ4v) is 11.4. The standard InChI is InChI=1S/C43H58N2O2.2BrH.Pd/c1-7-19-32(20-8-1)40-42(34-23-11-3-12-24-34,35-25-13-4-14-26-35)46-38(44-40)31-39-45-41(33-21-9-2-10-22-33)43(47-39,36-27-15-5-16-28-36)37-29-17-6-18-30-37;;;/h1-2,7-10,19-22,34-37,40-41H,3-6,11-18,23-31H2;2*1H;/q;;;+2/p-2/t40-,41-;;;/m1.../s1. The first-order chi connectivity index (χ1) is 24.7. The molecule has 2 aliphatic heterocycles. The van der Waals surface area contributed by atoms with Crippen LogP contribution in [-0.4, -0.2) is 23.0 Å². The van der Waals surface area contributed by atoms with Gasteiger partial charge in [-0.1, -0.05) is 138 Å². The van der Waals surface area contributed by atoms with Crippen molar-refractivity contribution in [3.8, 4) is 0 Å². The van der Waals surface area contributed by atoms with Crippen molar-refractivity contribution < 1.29 is 23.4 Å². The van der Waals surface area contributed by atoms with Gasteiger partial charge in [-0.2, -0.15) is 0 Å². The largest absolute Gasteiger partial charge is 0.471 e. The van der Waals surface area contributed by atoms with Crippen LogP contribution in [-0.2, 0) is 23.4 Å². The van der Waals surface area contributed by atoms with Crippen LogP contribution in [0.15, 0.2) is 70.6 Å². The van der Waals surface area contributed by atoms with Gasteiger partial charge in [0.1, 0.15) is 23.3 Å². The quantitative estimate of drug-likeness (QED) is 0.248. The molecule has 2 aromatic rings. The average molecular weight is 901 g/mol. The van der Waals surface area contributed by atoms with Gasteiger partial charge < -0.3 is 9.47 Å². The third kappa shape index (κ3) is 7.79. The monoisotopic (exact) mass is 898 g/mol. The van der Waals surface area contributed by atoms with Crippen molar-refractivity contribution >= 4 is 38.7 Å². The molecular formula is C43H58Br2N2O2Pd. The van der Waals surface area contributed by atoms with Crippen LogP contribution in [0.25, 0.3) is 0 Å². The summed E-state index contributed by atoms with van der Waals surface area (Å²) < 4.78 is 15.1. The summed E-state index contributed by atoms with van der Waals surface area (Å²) in [6.45, 7) is 0. The van der Waals surface area contributed by atoms with Gasteiger partial charge in [-0.3, -0.25) is 0 Å². The topological polar surface area (TPSA) is 43.2 Å². The van der Waals surface area contributed by atoms with Gasteiger partial charge in [0.2, 0.25) is 0 Å². The average Bonchev–Trinajstić information content (AvgIpc) is 3.78. The van der Waals surface area contributed by atoms with E-state index in [1.165, 1.54) is 140 Å². The number of nitrogens with zero attached hydrogens (tertiary/aromatic N) is 2. The fourth-order valence-electron chi connectivity index (χ4n) is 11.4. The maximum atomic E-state index is 7.55. The van der Waals surface area contributed by atoms with Crippen molar-refractivity contribution in [2.45, 2.75) is 158 Å². The third-order valence-electron chi connectivity index (χ3n) is 13.5. The summed E-state index contributed by atoms with van der Waals surface area (Å²) >= 11 is 6.80. The van der Waals surface area contributed by atoms with E-state index in [4.69, 9.17) is 19.5 Å². The van der Waals surface area contributed by atoms with Crippen molar-refractivity contribution in [3.05, 3.63) is 71.8 Å². The molecule has 4 saturated carbocycles. The normalized spacial score (nSPS) is 27.8. The molecule has 0 radical (unpaired) electrons. The van der Waals surface area contributed by atoms with Crippen LogP contribution in [0.4, 0.5) is 0 Å². The molecule has 8 rings (SSSR count). The molecule has 4 fully saturated rings. The number of ether oxygens (including phenoxy) is 2. The van der Waals surface area contributed by atoms with Gasteiger partial charge in [0, 0.05) is 23.7 Å². The molecule has 0 unspecified atom stereocenters. The van der Waals surface area contributed by atoms with E-state index in [1.807, 2.05) is 0 Å². The van der Waals surface area contributed by atoms with Gasteiger partial charge in [0.25, 0.3) is 0 Å². The Hall–Kier alpha value is -0.998. The molecule has 6 aliphatic rings. The van der Waals surface area contributed by atoms with Crippen molar-refractivity contribution in [1.82, 2.24) is 0 Å². The Balaban J connectivity index is 0.00000126. The summed E-state index contributed by atoms with van der Waals surface area (Å²) in [6, 6.07) is 22.5. The Morgan fingerprint density at radius 1 is 0.480 bits per heavy atom. The minimum atomic E-state index is -0.251. The van der Waals surface area contributed by atoms with Gasteiger partial charge >= 0.3 is 40.8 Å². The van der Waals surface area contributed by atoms with Gasteiger partial charge in [-0.05, 0) is 62.5 Å². The summed E-state index contributed by atoms with van der Waals surface area (Å²) in [5.41, 5.74) is 2.15. The molecule has 7 heteroatoms. The number of rotatable bonds is 8. The smallest absolute Gasteiger partial charge is 0.194 e. The Kier molecular flexibility index (Phi) is 13.4. The van der Waals surface area contributed by atoms with E-state index < -0.39 is 0 Å². The molecule has 4 aliphatic carbocycles. The molecule has 50 heavy (non-hydrogen) atoms. The van der Waals surface area contributed by atoms with Gasteiger partial charge in [-0.25, -0.2) is 9.98 Å². The Bertz CT molecular complexity index is 1250. The second-order valence-corrected chi connectivity index (χ2v) is 23.3. The van der Waals surface area contributed by atoms with Crippen molar-refractivity contribution in [2.24, 2.45) is 33.7 Å². The van der Waals surface area contributed by atoms with Crippen LogP contribution in [0.5, 0.6) is 0 Å². The van der Waals surface area contributed by atoms with Gasteiger partial charge in [0.05, 0.1) is 6.42 Å². The first kappa shape index (κ1) is 37.3. The first-order valence-corrected chi connectivity index (χ1v) is 27.2. The van der Waals surface area contributed by atoms with Crippen LogP contribution in [0, 0.1) is 23.7 Å². The second kappa shape index (κ2) is 17.9. The maximum absolute atomic E-state index is 7.55. The SMILES string of the molecule is [Br][Pd][Br].c1ccc([C@H]2N=C(CC3=N[C@H](c4ccccc4)C(C4CCCCC4)(C4CCCCC4)O3)OC2(C2CCCCC2)C2CCCCC2)cc1. The molecule has 2 atom stereocenters. The zero-order valence-electron chi connectivity index (χ0n) is 29.9. The van der Waals surface area contributed by atoms with E-state index in [-0.39, 0.29) is 23.3 Å². The minimum Gasteiger partial charge on any atom is -0.471 e. The second-order valence-electron chi connectivity index (χ2n) is 16.1. The molecule has 2 heterocycles. The van der Waals surface area contributed by atoms with Crippen molar-refractivity contribution in [1.29, 1.82) is 0 Å². The van der Waals surface area contributed by atoms with Crippen LogP contribution < -0.4 is 0 Å². The first-order valence-electron chi connectivity index (χ1n) is 20.1. The van der Waals surface area contributed by atoms with Crippen molar-refractivity contribution in [3.63, 3.8) is 0 Å². The predicted molar refractivity (Wildman–Crippen MR) is 210 cm³/mol. The van der Waals surface area contributed by atoms with Crippen LogP contribution in [0.3, 0.4) is 0 Å². The van der Waals surface area contributed by atoms with Crippen LogP contribution in [0.1, 0.15) is 158 Å². The van der Waals surface area contributed by atoms with Crippen LogP contribution >= 0.6 is 26.9 Å². The van der Waals surface area contributed by atoms with Gasteiger partial charge in [-0.15, -0.1) is 0 Å². The van der Waals surface area contributed by atoms with Crippen molar-refractivity contribution in [2.75, 3.05) is 0 Å². The molecule has 0 N–H and O–H groups in total. The summed E-state index contributed by atoms with van der Waals surface area (Å²) in [5, 5.41) is 0. The Labute approximate surface area is 323 Å². The van der Waals surface area contributed by atoms with Gasteiger partial charge in [0.15, 0.2) is 11.8 Å². The molecule has 276 valence electrons. The molecule has 0 amide bonds. The molecule has 0 spiro atoms. The fraction of sp³-hybridized carbons (Fsp3) is 0.674. The van der Waals surface area contributed by atoms with Crippen LogP contribution in [0.2, 0.25) is 0 Å². The molecule has 4 nitrogen and oxygen atoms in total. The number of hydrogen-bond acceptors (Lipinski definition) is 4. The zero-order chi connectivity index (χ0) is 34.2. The number of hydrogen-bond donors (Lipinski definition) is 0. The number of halogens is 2. The summed E-state index contributed by atoms with van der Waals surface area (Å²) in [5.74, 6) is 4.00. The molecule has 2 aromatic carbocycles. The Morgan fingerprint density at radius 2 is 0.760 bits per heavy atom. The zero-order valence-corrected chi connectivity index (χ0v) is 34.6.